The number of amides is 1. The van der Waals surface area contributed by atoms with Crippen molar-refractivity contribution in [1.29, 1.82) is 5.26 Å². The fourth-order valence-electron chi connectivity index (χ4n) is 3.74. The first-order valence-electron chi connectivity index (χ1n) is 9.44. The number of nitrogens with one attached hydrogen (secondary N) is 1. The number of benzene rings is 2. The summed E-state index contributed by atoms with van der Waals surface area (Å²) in [6.07, 6.45) is 1.84. The van der Waals surface area contributed by atoms with Crippen LogP contribution in [0.15, 0.2) is 57.8 Å². The standard InChI is InChI=1S/C21H20N4O3S/c22-12-11-15-7-9-17(10-8-15)23-21(26)16-4-3-13-25(14-16)20-18-5-1-2-6-19(18)29(27,28)24-20/h1-2,5-10,16H,3-4,11,13-14H2,(H,23,26)/t16-/m1/s1. The van der Waals surface area contributed by atoms with E-state index in [2.05, 4.69) is 15.8 Å². The van der Waals surface area contributed by atoms with Crippen LogP contribution in [0, 0.1) is 17.2 Å². The summed E-state index contributed by atoms with van der Waals surface area (Å²) in [5, 5.41) is 11.7. The molecule has 148 valence electrons. The lowest BCUT2D eigenvalue weighted by molar-refractivity contribution is -0.121. The first kappa shape index (κ1) is 19.2. The molecule has 1 fully saturated rings. The van der Waals surface area contributed by atoms with Gasteiger partial charge in [-0.15, -0.1) is 4.40 Å². The lowest BCUT2D eigenvalue weighted by Gasteiger charge is -2.33. The highest BCUT2D eigenvalue weighted by Crippen LogP contribution is 2.30. The van der Waals surface area contributed by atoms with E-state index in [1.165, 1.54) is 0 Å². The summed E-state index contributed by atoms with van der Waals surface area (Å²) in [5.41, 5.74) is 2.18. The molecule has 2 heterocycles. The summed E-state index contributed by atoms with van der Waals surface area (Å²) in [6.45, 7) is 1.08. The van der Waals surface area contributed by atoms with Crippen molar-refractivity contribution >= 4 is 27.5 Å². The van der Waals surface area contributed by atoms with Crippen LogP contribution in [-0.4, -0.2) is 38.2 Å². The number of likely N-dealkylation sites (tertiary alicyclic amines) is 1. The minimum atomic E-state index is -3.68. The molecular weight excluding hydrogens is 388 g/mol. The van der Waals surface area contributed by atoms with Gasteiger partial charge in [-0.25, -0.2) is 0 Å². The number of anilines is 1. The molecule has 2 aromatic rings. The van der Waals surface area contributed by atoms with Crippen LogP contribution in [0.1, 0.15) is 24.0 Å². The number of hydrogen-bond acceptors (Lipinski definition) is 5. The SMILES string of the molecule is N#CCc1ccc(NC(=O)[C@@H]2CCCN(C3=NS(=O)(=O)c4ccccc43)C2)cc1. The number of sulfonamides is 1. The van der Waals surface area contributed by atoms with Crippen LogP contribution in [0.3, 0.4) is 0 Å². The molecule has 7 nitrogen and oxygen atoms in total. The molecule has 0 bridgehead atoms. The van der Waals surface area contributed by atoms with Crippen molar-refractivity contribution in [3.63, 3.8) is 0 Å². The van der Waals surface area contributed by atoms with Crippen LogP contribution in [0.2, 0.25) is 0 Å². The van der Waals surface area contributed by atoms with Gasteiger partial charge in [-0.05, 0) is 42.7 Å². The molecule has 1 amide bonds. The number of amidine groups is 1. The van der Waals surface area contributed by atoms with E-state index in [-0.39, 0.29) is 16.7 Å². The van der Waals surface area contributed by atoms with Gasteiger partial charge in [0.2, 0.25) is 5.91 Å². The summed E-state index contributed by atoms with van der Waals surface area (Å²) >= 11 is 0. The maximum atomic E-state index is 12.8. The molecule has 1 atom stereocenters. The molecule has 2 aliphatic heterocycles. The molecule has 0 aromatic heterocycles. The maximum absolute atomic E-state index is 12.8. The zero-order chi connectivity index (χ0) is 20.4. The van der Waals surface area contributed by atoms with Gasteiger partial charge in [-0.1, -0.05) is 24.3 Å². The van der Waals surface area contributed by atoms with Crippen LogP contribution >= 0.6 is 0 Å². The fourth-order valence-corrected chi connectivity index (χ4v) is 4.97. The Morgan fingerprint density at radius 3 is 2.72 bits per heavy atom. The van der Waals surface area contributed by atoms with Gasteiger partial charge >= 0.3 is 0 Å². The Labute approximate surface area is 169 Å². The van der Waals surface area contributed by atoms with Gasteiger partial charge in [0.05, 0.1) is 18.4 Å². The molecule has 4 rings (SSSR count). The predicted molar refractivity (Wildman–Crippen MR) is 109 cm³/mol. The van der Waals surface area contributed by atoms with Crippen molar-refractivity contribution in [1.82, 2.24) is 4.90 Å². The van der Waals surface area contributed by atoms with Crippen LogP contribution < -0.4 is 5.32 Å². The van der Waals surface area contributed by atoms with E-state index in [0.717, 1.165) is 18.4 Å². The zero-order valence-corrected chi connectivity index (χ0v) is 16.5. The second-order valence-electron chi connectivity index (χ2n) is 7.19. The molecule has 0 spiro atoms. The highest BCUT2D eigenvalue weighted by Gasteiger charge is 2.35. The second-order valence-corrected chi connectivity index (χ2v) is 8.76. The third-order valence-electron chi connectivity index (χ3n) is 5.21. The van der Waals surface area contributed by atoms with Gasteiger partial charge < -0.3 is 10.2 Å². The zero-order valence-electron chi connectivity index (χ0n) is 15.7. The maximum Gasteiger partial charge on any atom is 0.285 e. The molecule has 1 N–H and O–H groups in total. The lowest BCUT2D eigenvalue weighted by atomic mass is 9.96. The van der Waals surface area contributed by atoms with E-state index >= 15 is 0 Å². The van der Waals surface area contributed by atoms with Crippen molar-refractivity contribution in [3.05, 3.63) is 59.7 Å². The Balaban J connectivity index is 1.48. The van der Waals surface area contributed by atoms with Gasteiger partial charge in [-0.3, -0.25) is 4.79 Å². The minimum Gasteiger partial charge on any atom is -0.355 e. The average molecular weight is 408 g/mol. The lowest BCUT2D eigenvalue weighted by Crippen LogP contribution is -2.43. The van der Waals surface area contributed by atoms with E-state index in [4.69, 9.17) is 5.26 Å². The van der Waals surface area contributed by atoms with Gasteiger partial charge in [0.25, 0.3) is 10.0 Å². The van der Waals surface area contributed by atoms with Gasteiger partial charge in [0.1, 0.15) is 4.90 Å². The summed E-state index contributed by atoms with van der Waals surface area (Å²) in [6, 6.07) is 16.1. The summed E-state index contributed by atoms with van der Waals surface area (Å²) in [7, 11) is -3.68. The Morgan fingerprint density at radius 2 is 1.97 bits per heavy atom. The quantitative estimate of drug-likeness (QED) is 0.841. The van der Waals surface area contributed by atoms with E-state index in [1.807, 2.05) is 17.0 Å². The third kappa shape index (κ3) is 3.87. The molecule has 8 heteroatoms. The highest BCUT2D eigenvalue weighted by molar-refractivity contribution is 7.90. The van der Waals surface area contributed by atoms with Crippen molar-refractivity contribution in [2.45, 2.75) is 24.2 Å². The predicted octanol–water partition coefficient (Wildman–Crippen LogP) is 2.55. The van der Waals surface area contributed by atoms with Crippen LogP contribution in [0.4, 0.5) is 5.69 Å². The normalized spacial score (nSPS) is 19.8. The summed E-state index contributed by atoms with van der Waals surface area (Å²) in [5.74, 6) is 0.0668. The number of carbonyl (C=O) groups excluding carboxylic acids is 1. The number of nitrogens with zero attached hydrogens (tertiary/aromatic N) is 3. The van der Waals surface area contributed by atoms with Crippen molar-refractivity contribution in [2.24, 2.45) is 10.3 Å². The largest absolute Gasteiger partial charge is 0.355 e. The van der Waals surface area contributed by atoms with Crippen LogP contribution in [0.5, 0.6) is 0 Å². The Hall–Kier alpha value is -3.18. The molecule has 2 aromatic carbocycles. The van der Waals surface area contributed by atoms with E-state index in [1.54, 1.807) is 36.4 Å². The Bertz CT molecular complexity index is 1120. The van der Waals surface area contributed by atoms with Crippen molar-refractivity contribution in [2.75, 3.05) is 18.4 Å². The number of fused-ring (bicyclic) bond motifs is 1. The van der Waals surface area contributed by atoms with Gasteiger partial charge in [0, 0.05) is 24.3 Å². The minimum absolute atomic E-state index is 0.0996. The molecule has 29 heavy (non-hydrogen) atoms. The number of rotatable bonds is 3. The second kappa shape index (κ2) is 7.68. The first-order chi connectivity index (χ1) is 14.0. The van der Waals surface area contributed by atoms with Crippen LogP contribution in [0.25, 0.3) is 0 Å². The summed E-state index contributed by atoms with van der Waals surface area (Å²) in [4.78, 5) is 14.9. The molecule has 1 saturated heterocycles. The molecule has 0 aliphatic carbocycles. The van der Waals surface area contributed by atoms with Gasteiger partial charge in [0.15, 0.2) is 5.84 Å². The highest BCUT2D eigenvalue weighted by atomic mass is 32.2. The monoisotopic (exact) mass is 408 g/mol. The molecule has 0 radical (unpaired) electrons. The Morgan fingerprint density at radius 1 is 1.21 bits per heavy atom. The topological polar surface area (TPSA) is 103 Å². The number of carbonyl (C=O) groups is 1. The smallest absolute Gasteiger partial charge is 0.285 e. The average Bonchev–Trinajstić information content (AvgIpc) is 3.01. The molecule has 0 unspecified atom stereocenters. The fraction of sp³-hybridized carbons (Fsp3) is 0.286. The Kier molecular flexibility index (Phi) is 5.07. The van der Waals surface area contributed by atoms with E-state index in [0.29, 0.717) is 36.6 Å². The number of hydrogen-bond donors (Lipinski definition) is 1. The third-order valence-corrected chi connectivity index (χ3v) is 6.53. The molecule has 0 saturated carbocycles. The number of piperidine rings is 1. The molecule has 2 aliphatic rings. The van der Waals surface area contributed by atoms with Crippen molar-refractivity contribution in [3.8, 4) is 6.07 Å². The summed E-state index contributed by atoms with van der Waals surface area (Å²) < 4.78 is 28.6. The molecular formula is C21H20N4O3S. The van der Waals surface area contributed by atoms with Gasteiger partial charge in [-0.2, -0.15) is 13.7 Å². The number of nitriles is 1. The van der Waals surface area contributed by atoms with Crippen LogP contribution in [-0.2, 0) is 21.2 Å². The first-order valence-corrected chi connectivity index (χ1v) is 10.9. The van der Waals surface area contributed by atoms with E-state index in [9.17, 15) is 13.2 Å². The van der Waals surface area contributed by atoms with Crippen molar-refractivity contribution < 1.29 is 13.2 Å². The van der Waals surface area contributed by atoms with E-state index < -0.39 is 10.0 Å².